The summed E-state index contributed by atoms with van der Waals surface area (Å²) >= 11 is 3.45. The van der Waals surface area contributed by atoms with Gasteiger partial charge in [-0.15, -0.1) is 0 Å². The summed E-state index contributed by atoms with van der Waals surface area (Å²) in [4.78, 5) is 0. The molecule has 0 aliphatic heterocycles. The Bertz CT molecular complexity index is 141. The van der Waals surface area contributed by atoms with Crippen molar-refractivity contribution in [3.63, 3.8) is 0 Å². The van der Waals surface area contributed by atoms with E-state index in [1.807, 2.05) is 0 Å². The van der Waals surface area contributed by atoms with E-state index >= 15 is 0 Å². The molecule has 0 heterocycles. The Hall–Kier alpha value is 0.440. The molecular formula is C11H23BrO. The minimum atomic E-state index is 0.0653. The Balaban J connectivity index is 4.00. The van der Waals surface area contributed by atoms with Crippen LogP contribution in [0.5, 0.6) is 0 Å². The van der Waals surface area contributed by atoms with Crippen molar-refractivity contribution in [3.05, 3.63) is 0 Å². The van der Waals surface area contributed by atoms with Crippen LogP contribution in [0.1, 0.15) is 47.0 Å². The molecule has 1 nitrogen and oxygen atoms in total. The first kappa shape index (κ1) is 13.4. The Morgan fingerprint density at radius 1 is 1.08 bits per heavy atom. The maximum atomic E-state index is 9.17. The molecule has 0 rings (SSSR count). The third-order valence-corrected chi connectivity index (χ3v) is 2.93. The molecular weight excluding hydrogens is 228 g/mol. The third kappa shape index (κ3) is 6.50. The topological polar surface area (TPSA) is 20.2 Å². The van der Waals surface area contributed by atoms with E-state index in [0.29, 0.717) is 5.41 Å². The summed E-state index contributed by atoms with van der Waals surface area (Å²) in [6.45, 7) is 9.11. The molecule has 0 saturated carbocycles. The maximum absolute atomic E-state index is 9.17. The number of alkyl halides is 1. The van der Waals surface area contributed by atoms with Gasteiger partial charge in [-0.3, -0.25) is 0 Å². The molecule has 0 aliphatic rings. The van der Waals surface area contributed by atoms with Crippen LogP contribution in [0, 0.1) is 10.8 Å². The van der Waals surface area contributed by atoms with E-state index in [4.69, 9.17) is 0 Å². The highest BCUT2D eigenvalue weighted by molar-refractivity contribution is 9.09. The van der Waals surface area contributed by atoms with Crippen molar-refractivity contribution < 1.29 is 5.11 Å². The zero-order chi connectivity index (χ0) is 10.5. The lowest BCUT2D eigenvalue weighted by atomic mass is 9.73. The molecule has 0 atom stereocenters. The van der Waals surface area contributed by atoms with Gasteiger partial charge in [-0.25, -0.2) is 0 Å². The van der Waals surface area contributed by atoms with Gasteiger partial charge in [0.1, 0.15) is 0 Å². The molecule has 0 spiro atoms. The van der Waals surface area contributed by atoms with Gasteiger partial charge in [0.15, 0.2) is 0 Å². The van der Waals surface area contributed by atoms with Crippen LogP contribution in [-0.4, -0.2) is 17.0 Å². The van der Waals surface area contributed by atoms with Crippen molar-refractivity contribution >= 4 is 15.9 Å². The summed E-state index contributed by atoms with van der Waals surface area (Å²) < 4.78 is 0. The number of hydrogen-bond acceptors (Lipinski definition) is 1. The molecule has 0 amide bonds. The fourth-order valence-electron chi connectivity index (χ4n) is 1.99. The van der Waals surface area contributed by atoms with Crippen LogP contribution >= 0.6 is 15.9 Å². The fourth-order valence-corrected chi connectivity index (χ4v) is 2.27. The first-order valence-electron chi connectivity index (χ1n) is 5.00. The van der Waals surface area contributed by atoms with Gasteiger partial charge in [0.2, 0.25) is 0 Å². The number of aliphatic hydroxyl groups excluding tert-OH is 1. The predicted molar refractivity (Wildman–Crippen MR) is 62.3 cm³/mol. The van der Waals surface area contributed by atoms with Crippen LogP contribution < -0.4 is 0 Å². The molecule has 1 N–H and O–H groups in total. The van der Waals surface area contributed by atoms with Gasteiger partial charge in [0.25, 0.3) is 0 Å². The van der Waals surface area contributed by atoms with Crippen LogP contribution in [0.4, 0.5) is 0 Å². The van der Waals surface area contributed by atoms with Crippen molar-refractivity contribution in [1.29, 1.82) is 0 Å². The molecule has 0 bridgehead atoms. The molecule has 0 aliphatic carbocycles. The molecule has 0 saturated heterocycles. The summed E-state index contributed by atoms with van der Waals surface area (Å²) in [6.07, 6.45) is 3.53. The highest BCUT2D eigenvalue weighted by Crippen LogP contribution is 2.36. The van der Waals surface area contributed by atoms with Gasteiger partial charge in [0, 0.05) is 11.9 Å². The van der Waals surface area contributed by atoms with Gasteiger partial charge in [-0.05, 0) is 30.1 Å². The zero-order valence-corrected chi connectivity index (χ0v) is 10.9. The van der Waals surface area contributed by atoms with E-state index in [1.54, 1.807) is 0 Å². The number of halogens is 1. The fraction of sp³-hybridized carbons (Fsp3) is 1.00. The summed E-state index contributed by atoms with van der Waals surface area (Å²) in [6, 6.07) is 0. The molecule has 2 heteroatoms. The van der Waals surface area contributed by atoms with E-state index in [1.165, 1.54) is 12.8 Å². The van der Waals surface area contributed by atoms with E-state index in [2.05, 4.69) is 43.6 Å². The second-order valence-electron chi connectivity index (χ2n) is 5.46. The highest BCUT2D eigenvalue weighted by atomic mass is 79.9. The Kier molecular flexibility index (Phi) is 5.53. The molecule has 0 aromatic carbocycles. The largest absolute Gasteiger partial charge is 0.396 e. The summed E-state index contributed by atoms with van der Waals surface area (Å²) in [5, 5.41) is 10.3. The van der Waals surface area contributed by atoms with E-state index in [0.717, 1.165) is 11.8 Å². The van der Waals surface area contributed by atoms with E-state index in [-0.39, 0.29) is 12.0 Å². The standard InChI is InChI=1S/C11H23BrO/c1-10(2,6-5-7-12)8-11(3,4)9-13/h13H,5-9H2,1-4H3. The van der Waals surface area contributed by atoms with Crippen molar-refractivity contribution in [2.24, 2.45) is 10.8 Å². The van der Waals surface area contributed by atoms with Crippen LogP contribution in [0.3, 0.4) is 0 Å². The van der Waals surface area contributed by atoms with E-state index < -0.39 is 0 Å². The van der Waals surface area contributed by atoms with Gasteiger partial charge in [0.05, 0.1) is 0 Å². The lowest BCUT2D eigenvalue weighted by Crippen LogP contribution is -2.26. The first-order chi connectivity index (χ1) is 5.83. The molecule has 0 fully saturated rings. The molecule has 0 aromatic heterocycles. The van der Waals surface area contributed by atoms with Gasteiger partial charge in [-0.1, -0.05) is 43.6 Å². The number of rotatable bonds is 6. The van der Waals surface area contributed by atoms with E-state index in [9.17, 15) is 5.11 Å². The van der Waals surface area contributed by atoms with Crippen molar-refractivity contribution in [2.75, 3.05) is 11.9 Å². The normalized spacial score (nSPS) is 13.4. The van der Waals surface area contributed by atoms with Crippen LogP contribution in [0.2, 0.25) is 0 Å². The number of hydrogen-bond donors (Lipinski definition) is 1. The molecule has 0 unspecified atom stereocenters. The van der Waals surface area contributed by atoms with Crippen molar-refractivity contribution in [1.82, 2.24) is 0 Å². The van der Waals surface area contributed by atoms with Gasteiger partial charge >= 0.3 is 0 Å². The Labute approximate surface area is 91.1 Å². The Morgan fingerprint density at radius 3 is 2.00 bits per heavy atom. The van der Waals surface area contributed by atoms with Gasteiger partial charge in [-0.2, -0.15) is 0 Å². The second kappa shape index (κ2) is 5.35. The third-order valence-electron chi connectivity index (χ3n) is 2.37. The monoisotopic (exact) mass is 250 g/mol. The second-order valence-corrected chi connectivity index (χ2v) is 6.25. The average Bonchev–Trinajstić information content (AvgIpc) is 1.99. The molecule has 0 radical (unpaired) electrons. The average molecular weight is 251 g/mol. The van der Waals surface area contributed by atoms with Crippen LogP contribution in [-0.2, 0) is 0 Å². The quantitative estimate of drug-likeness (QED) is 0.715. The first-order valence-corrected chi connectivity index (χ1v) is 6.12. The lowest BCUT2D eigenvalue weighted by molar-refractivity contribution is 0.0985. The highest BCUT2D eigenvalue weighted by Gasteiger charge is 2.27. The SMILES string of the molecule is CC(C)(CO)CC(C)(C)CCCBr. The zero-order valence-electron chi connectivity index (χ0n) is 9.36. The minimum Gasteiger partial charge on any atom is -0.396 e. The summed E-state index contributed by atoms with van der Waals surface area (Å²) in [7, 11) is 0. The summed E-state index contributed by atoms with van der Waals surface area (Å²) in [5.74, 6) is 0. The maximum Gasteiger partial charge on any atom is 0.0482 e. The van der Waals surface area contributed by atoms with Crippen molar-refractivity contribution in [3.8, 4) is 0 Å². The smallest absolute Gasteiger partial charge is 0.0482 e. The lowest BCUT2D eigenvalue weighted by Gasteiger charge is -2.33. The minimum absolute atomic E-state index is 0.0653. The predicted octanol–water partition coefficient (Wildman–Crippen LogP) is 3.60. The van der Waals surface area contributed by atoms with Crippen LogP contribution in [0.25, 0.3) is 0 Å². The molecule has 0 aromatic rings. The number of aliphatic hydroxyl groups is 1. The molecule has 13 heavy (non-hydrogen) atoms. The van der Waals surface area contributed by atoms with Crippen LogP contribution in [0.15, 0.2) is 0 Å². The summed E-state index contributed by atoms with van der Waals surface area (Å²) in [5.41, 5.74) is 0.413. The van der Waals surface area contributed by atoms with Gasteiger partial charge < -0.3 is 5.11 Å². The molecule has 80 valence electrons. The van der Waals surface area contributed by atoms with Crippen molar-refractivity contribution in [2.45, 2.75) is 47.0 Å². The Morgan fingerprint density at radius 2 is 1.62 bits per heavy atom.